The van der Waals surface area contributed by atoms with Gasteiger partial charge >= 0.3 is 0 Å². The van der Waals surface area contributed by atoms with Crippen LogP contribution in [-0.2, 0) is 0 Å². The lowest BCUT2D eigenvalue weighted by atomic mass is 9.77. The van der Waals surface area contributed by atoms with Crippen LogP contribution in [0.15, 0.2) is 18.2 Å². The van der Waals surface area contributed by atoms with Crippen molar-refractivity contribution in [3.63, 3.8) is 0 Å². The van der Waals surface area contributed by atoms with Crippen LogP contribution in [-0.4, -0.2) is 0 Å². The molecule has 1 aromatic rings. The second-order valence-electron chi connectivity index (χ2n) is 5.22. The monoisotopic (exact) mass is 255 g/mol. The topological polar surface area (TPSA) is 26.0 Å². The zero-order chi connectivity index (χ0) is 12.4. The molecule has 3 heteroatoms. The molecule has 0 amide bonds. The first kappa shape index (κ1) is 12.8. The number of benzene rings is 1. The minimum Gasteiger partial charge on any atom is -0.324 e. The largest absolute Gasteiger partial charge is 0.324 e. The predicted octanol–water partition coefficient (Wildman–Crippen LogP) is 4.31. The standard InChI is InChI=1S/C14H19ClFN/c1-9-3-2-4-10(7-9)14(17)12-8-11(15)5-6-13(12)16/h5-6,8-10,14H,2-4,7,17H2,1H3. The maximum Gasteiger partial charge on any atom is 0.128 e. The van der Waals surface area contributed by atoms with Crippen molar-refractivity contribution in [3.05, 3.63) is 34.6 Å². The summed E-state index contributed by atoms with van der Waals surface area (Å²) < 4.78 is 13.7. The van der Waals surface area contributed by atoms with Crippen LogP contribution in [0.5, 0.6) is 0 Å². The first-order valence-electron chi connectivity index (χ1n) is 6.28. The van der Waals surface area contributed by atoms with Crippen molar-refractivity contribution in [2.45, 2.75) is 38.6 Å². The Labute approximate surface area is 107 Å². The molecule has 0 aliphatic heterocycles. The summed E-state index contributed by atoms with van der Waals surface area (Å²) in [6, 6.07) is 4.41. The first-order chi connectivity index (χ1) is 8.08. The van der Waals surface area contributed by atoms with E-state index in [-0.39, 0.29) is 11.9 Å². The van der Waals surface area contributed by atoms with Crippen LogP contribution < -0.4 is 5.73 Å². The summed E-state index contributed by atoms with van der Waals surface area (Å²) >= 11 is 5.91. The lowest BCUT2D eigenvalue weighted by Crippen LogP contribution is -2.27. The van der Waals surface area contributed by atoms with Crippen molar-refractivity contribution in [2.75, 3.05) is 0 Å². The Hall–Kier alpha value is -0.600. The molecule has 0 bridgehead atoms. The molecule has 1 saturated carbocycles. The molecule has 1 fully saturated rings. The molecule has 0 saturated heterocycles. The summed E-state index contributed by atoms with van der Waals surface area (Å²) in [5, 5.41) is 0.556. The van der Waals surface area contributed by atoms with E-state index in [4.69, 9.17) is 17.3 Å². The summed E-state index contributed by atoms with van der Waals surface area (Å²) in [5.41, 5.74) is 6.77. The average Bonchev–Trinajstić information content (AvgIpc) is 2.31. The number of hydrogen-bond acceptors (Lipinski definition) is 1. The van der Waals surface area contributed by atoms with Crippen LogP contribution in [0.4, 0.5) is 4.39 Å². The Balaban J connectivity index is 2.18. The Bertz CT molecular complexity index is 394. The van der Waals surface area contributed by atoms with Gasteiger partial charge in [0, 0.05) is 16.6 Å². The molecule has 1 aliphatic rings. The van der Waals surface area contributed by atoms with Crippen molar-refractivity contribution in [1.29, 1.82) is 0 Å². The number of halogens is 2. The Morgan fingerprint density at radius 2 is 2.18 bits per heavy atom. The van der Waals surface area contributed by atoms with Gasteiger partial charge in [-0.1, -0.05) is 31.4 Å². The van der Waals surface area contributed by atoms with Gasteiger partial charge in [-0.15, -0.1) is 0 Å². The van der Waals surface area contributed by atoms with Crippen molar-refractivity contribution < 1.29 is 4.39 Å². The molecular formula is C14H19ClFN. The molecule has 0 heterocycles. The molecule has 3 atom stereocenters. The van der Waals surface area contributed by atoms with E-state index in [1.54, 1.807) is 12.1 Å². The predicted molar refractivity (Wildman–Crippen MR) is 69.5 cm³/mol. The van der Waals surface area contributed by atoms with E-state index in [9.17, 15) is 4.39 Å². The van der Waals surface area contributed by atoms with Gasteiger partial charge < -0.3 is 5.73 Å². The van der Waals surface area contributed by atoms with Crippen LogP contribution in [0, 0.1) is 17.7 Å². The smallest absolute Gasteiger partial charge is 0.128 e. The molecule has 2 N–H and O–H groups in total. The average molecular weight is 256 g/mol. The molecule has 1 aliphatic carbocycles. The molecule has 0 spiro atoms. The molecule has 17 heavy (non-hydrogen) atoms. The van der Waals surface area contributed by atoms with E-state index in [2.05, 4.69) is 6.92 Å². The Morgan fingerprint density at radius 1 is 1.41 bits per heavy atom. The van der Waals surface area contributed by atoms with Gasteiger partial charge in [0.25, 0.3) is 0 Å². The fraction of sp³-hybridized carbons (Fsp3) is 0.571. The summed E-state index contributed by atoms with van der Waals surface area (Å²) in [6.07, 6.45) is 4.65. The third kappa shape index (κ3) is 2.99. The van der Waals surface area contributed by atoms with Crippen molar-refractivity contribution in [2.24, 2.45) is 17.6 Å². The maximum atomic E-state index is 13.7. The minimum absolute atomic E-state index is 0.226. The zero-order valence-electron chi connectivity index (χ0n) is 10.1. The van der Waals surface area contributed by atoms with Gasteiger partial charge in [-0.3, -0.25) is 0 Å². The van der Waals surface area contributed by atoms with Crippen molar-refractivity contribution in [3.8, 4) is 0 Å². The molecule has 0 radical (unpaired) electrons. The highest BCUT2D eigenvalue weighted by atomic mass is 35.5. The quantitative estimate of drug-likeness (QED) is 0.838. The first-order valence-corrected chi connectivity index (χ1v) is 6.66. The normalized spacial score (nSPS) is 26.8. The Morgan fingerprint density at radius 3 is 2.88 bits per heavy atom. The van der Waals surface area contributed by atoms with Gasteiger partial charge in [0.05, 0.1) is 0 Å². The zero-order valence-corrected chi connectivity index (χ0v) is 10.9. The fourth-order valence-electron chi connectivity index (χ4n) is 2.83. The molecule has 2 rings (SSSR count). The third-order valence-corrected chi connectivity index (χ3v) is 4.04. The van der Waals surface area contributed by atoms with Crippen LogP contribution >= 0.6 is 11.6 Å². The van der Waals surface area contributed by atoms with Gasteiger partial charge in [-0.05, 0) is 42.9 Å². The molecular weight excluding hydrogens is 237 g/mol. The summed E-state index contributed by atoms with van der Waals surface area (Å²) in [7, 11) is 0. The summed E-state index contributed by atoms with van der Waals surface area (Å²) in [5.74, 6) is 0.842. The lowest BCUT2D eigenvalue weighted by molar-refractivity contribution is 0.245. The van der Waals surface area contributed by atoms with Crippen LogP contribution in [0.1, 0.15) is 44.2 Å². The third-order valence-electron chi connectivity index (χ3n) is 3.80. The van der Waals surface area contributed by atoms with Crippen LogP contribution in [0.2, 0.25) is 5.02 Å². The second kappa shape index (κ2) is 5.36. The highest BCUT2D eigenvalue weighted by molar-refractivity contribution is 6.30. The van der Waals surface area contributed by atoms with Crippen molar-refractivity contribution >= 4 is 11.6 Å². The fourth-order valence-corrected chi connectivity index (χ4v) is 3.01. The summed E-state index contributed by atoms with van der Waals surface area (Å²) in [4.78, 5) is 0. The number of nitrogens with two attached hydrogens (primary N) is 1. The Kier molecular flexibility index (Phi) is 4.05. The SMILES string of the molecule is CC1CCCC(C(N)c2cc(Cl)ccc2F)C1. The van der Waals surface area contributed by atoms with Crippen molar-refractivity contribution in [1.82, 2.24) is 0 Å². The van der Waals surface area contributed by atoms with Gasteiger partial charge in [-0.25, -0.2) is 4.39 Å². The maximum absolute atomic E-state index is 13.7. The van der Waals surface area contributed by atoms with E-state index >= 15 is 0 Å². The molecule has 0 aromatic heterocycles. The van der Waals surface area contributed by atoms with Gasteiger partial charge in [-0.2, -0.15) is 0 Å². The lowest BCUT2D eigenvalue weighted by Gasteiger charge is -2.31. The van der Waals surface area contributed by atoms with Gasteiger partial charge in [0.2, 0.25) is 0 Å². The van der Waals surface area contributed by atoms with Crippen LogP contribution in [0.25, 0.3) is 0 Å². The highest BCUT2D eigenvalue weighted by Gasteiger charge is 2.26. The molecule has 3 unspecified atom stereocenters. The van der Waals surface area contributed by atoms with E-state index in [0.717, 1.165) is 12.8 Å². The van der Waals surface area contributed by atoms with E-state index < -0.39 is 0 Å². The minimum atomic E-state index is -0.236. The van der Waals surface area contributed by atoms with E-state index in [1.807, 2.05) is 0 Å². The molecule has 1 aromatic carbocycles. The van der Waals surface area contributed by atoms with Crippen LogP contribution in [0.3, 0.4) is 0 Å². The van der Waals surface area contributed by atoms with Gasteiger partial charge in [0.1, 0.15) is 5.82 Å². The number of hydrogen-bond donors (Lipinski definition) is 1. The molecule has 94 valence electrons. The summed E-state index contributed by atoms with van der Waals surface area (Å²) in [6.45, 7) is 2.24. The van der Waals surface area contributed by atoms with Gasteiger partial charge in [0.15, 0.2) is 0 Å². The second-order valence-corrected chi connectivity index (χ2v) is 5.66. The van der Waals surface area contributed by atoms with E-state index in [0.29, 0.717) is 22.4 Å². The van der Waals surface area contributed by atoms with E-state index in [1.165, 1.54) is 18.9 Å². The highest BCUT2D eigenvalue weighted by Crippen LogP contribution is 2.37. The molecule has 1 nitrogen and oxygen atoms in total. The number of rotatable bonds is 2.